The van der Waals surface area contributed by atoms with Gasteiger partial charge in [0.15, 0.2) is 5.82 Å². The second-order valence-corrected chi connectivity index (χ2v) is 5.68. The van der Waals surface area contributed by atoms with Crippen molar-refractivity contribution in [1.29, 1.82) is 0 Å². The number of nitrogens with one attached hydrogen (secondary N) is 1. The van der Waals surface area contributed by atoms with Crippen LogP contribution in [0.2, 0.25) is 0 Å². The summed E-state index contributed by atoms with van der Waals surface area (Å²) in [6.07, 6.45) is 1.82. The molecule has 0 fully saturated rings. The lowest BCUT2D eigenvalue weighted by Gasteiger charge is -2.19. The van der Waals surface area contributed by atoms with Gasteiger partial charge in [-0.2, -0.15) is 4.80 Å². The first-order valence-electron chi connectivity index (χ1n) is 6.83. The summed E-state index contributed by atoms with van der Waals surface area (Å²) in [4.78, 5) is 1.50. The molecule has 0 radical (unpaired) electrons. The van der Waals surface area contributed by atoms with Gasteiger partial charge in [-0.25, -0.2) is 0 Å². The van der Waals surface area contributed by atoms with Crippen LogP contribution in [0.3, 0.4) is 0 Å². The molecule has 0 saturated heterocycles. The minimum atomic E-state index is 0.188. The smallest absolute Gasteiger partial charge is 0.176 e. The fourth-order valence-corrected chi connectivity index (χ4v) is 2.68. The van der Waals surface area contributed by atoms with E-state index in [0.717, 1.165) is 29.7 Å². The van der Waals surface area contributed by atoms with Gasteiger partial charge in [0.05, 0.1) is 7.05 Å². The molecule has 0 aliphatic heterocycles. The van der Waals surface area contributed by atoms with Crippen molar-refractivity contribution in [1.82, 2.24) is 25.5 Å². The van der Waals surface area contributed by atoms with Crippen molar-refractivity contribution >= 4 is 15.9 Å². The lowest BCUT2D eigenvalue weighted by molar-refractivity contribution is 0.515. The summed E-state index contributed by atoms with van der Waals surface area (Å²) in [7, 11) is 1.79. The number of rotatable bonds is 6. The van der Waals surface area contributed by atoms with Crippen LogP contribution in [0, 0.1) is 6.92 Å². The Morgan fingerprint density at radius 3 is 2.85 bits per heavy atom. The summed E-state index contributed by atoms with van der Waals surface area (Å²) in [5, 5.41) is 15.8. The van der Waals surface area contributed by atoms with Crippen molar-refractivity contribution in [3.05, 3.63) is 39.6 Å². The molecular formula is C14H20BrN5. The first-order chi connectivity index (χ1) is 9.61. The van der Waals surface area contributed by atoms with E-state index in [2.05, 4.69) is 68.7 Å². The van der Waals surface area contributed by atoms with E-state index >= 15 is 0 Å². The molecule has 2 rings (SSSR count). The van der Waals surface area contributed by atoms with Gasteiger partial charge in [0.25, 0.3) is 0 Å². The molecule has 0 bridgehead atoms. The predicted octanol–water partition coefficient (Wildman–Crippen LogP) is 2.56. The quantitative estimate of drug-likeness (QED) is 0.880. The van der Waals surface area contributed by atoms with Crippen molar-refractivity contribution in [2.75, 3.05) is 6.54 Å². The van der Waals surface area contributed by atoms with Crippen LogP contribution in [0.5, 0.6) is 0 Å². The number of benzene rings is 1. The van der Waals surface area contributed by atoms with Gasteiger partial charge in [0, 0.05) is 16.9 Å². The van der Waals surface area contributed by atoms with Crippen LogP contribution in [0.4, 0.5) is 0 Å². The number of hydrogen-bond acceptors (Lipinski definition) is 4. The van der Waals surface area contributed by atoms with Gasteiger partial charge in [0.1, 0.15) is 0 Å². The minimum absolute atomic E-state index is 0.188. The van der Waals surface area contributed by atoms with Crippen molar-refractivity contribution < 1.29 is 0 Å². The lowest BCUT2D eigenvalue weighted by atomic mass is 10.0. The van der Waals surface area contributed by atoms with Crippen molar-refractivity contribution in [3.8, 4) is 0 Å². The fraction of sp³-hybridized carbons (Fsp3) is 0.500. The molecule has 0 spiro atoms. The maximum absolute atomic E-state index is 4.28. The topological polar surface area (TPSA) is 55.6 Å². The number of nitrogens with zero attached hydrogens (tertiary/aromatic N) is 4. The summed E-state index contributed by atoms with van der Waals surface area (Å²) in [5.41, 5.74) is 2.48. The van der Waals surface area contributed by atoms with E-state index in [4.69, 9.17) is 0 Å². The van der Waals surface area contributed by atoms with Crippen LogP contribution in [-0.4, -0.2) is 26.8 Å². The number of hydrogen-bond donors (Lipinski definition) is 1. The third-order valence-electron chi connectivity index (χ3n) is 3.17. The van der Waals surface area contributed by atoms with E-state index in [-0.39, 0.29) is 6.04 Å². The molecule has 2 aromatic rings. The summed E-state index contributed by atoms with van der Waals surface area (Å²) >= 11 is 3.69. The van der Waals surface area contributed by atoms with Gasteiger partial charge in [0.2, 0.25) is 0 Å². The summed E-state index contributed by atoms with van der Waals surface area (Å²) < 4.78 is 1.15. The van der Waals surface area contributed by atoms with Crippen LogP contribution in [0.15, 0.2) is 22.7 Å². The third kappa shape index (κ3) is 3.64. The molecule has 108 valence electrons. The van der Waals surface area contributed by atoms with Crippen LogP contribution in [0.25, 0.3) is 0 Å². The number of halogens is 1. The van der Waals surface area contributed by atoms with E-state index < -0.39 is 0 Å². The Morgan fingerprint density at radius 2 is 2.20 bits per heavy atom. The fourth-order valence-electron chi connectivity index (χ4n) is 2.14. The summed E-state index contributed by atoms with van der Waals surface area (Å²) in [5.74, 6) is 0.759. The van der Waals surface area contributed by atoms with Crippen molar-refractivity contribution in [2.45, 2.75) is 32.7 Å². The Bertz CT molecular complexity index is 566. The third-order valence-corrected chi connectivity index (χ3v) is 4.26. The minimum Gasteiger partial charge on any atom is -0.310 e. The van der Waals surface area contributed by atoms with Crippen LogP contribution >= 0.6 is 15.9 Å². The average molecular weight is 338 g/mol. The number of aromatic nitrogens is 4. The van der Waals surface area contributed by atoms with Gasteiger partial charge in [-0.15, -0.1) is 10.2 Å². The zero-order valence-electron chi connectivity index (χ0n) is 12.1. The first-order valence-corrected chi connectivity index (χ1v) is 7.62. The molecule has 0 amide bonds. The predicted molar refractivity (Wildman–Crippen MR) is 82.4 cm³/mol. The molecule has 1 N–H and O–H groups in total. The second-order valence-electron chi connectivity index (χ2n) is 4.88. The van der Waals surface area contributed by atoms with Gasteiger partial charge in [-0.3, -0.25) is 0 Å². The Balaban J connectivity index is 2.24. The van der Waals surface area contributed by atoms with Gasteiger partial charge in [-0.05, 0) is 36.2 Å². The van der Waals surface area contributed by atoms with Gasteiger partial charge < -0.3 is 5.32 Å². The van der Waals surface area contributed by atoms with Crippen molar-refractivity contribution in [2.24, 2.45) is 7.05 Å². The Kier molecular flexibility index (Phi) is 5.25. The van der Waals surface area contributed by atoms with E-state index in [1.54, 1.807) is 7.05 Å². The molecule has 1 aromatic heterocycles. The van der Waals surface area contributed by atoms with E-state index in [9.17, 15) is 0 Å². The molecule has 20 heavy (non-hydrogen) atoms. The van der Waals surface area contributed by atoms with E-state index in [1.807, 2.05) is 0 Å². The van der Waals surface area contributed by atoms with Crippen molar-refractivity contribution in [3.63, 3.8) is 0 Å². The first kappa shape index (κ1) is 15.1. The normalized spacial score (nSPS) is 12.6. The number of aryl methyl sites for hydroxylation is 2. The maximum Gasteiger partial charge on any atom is 0.176 e. The lowest BCUT2D eigenvalue weighted by Crippen LogP contribution is -2.25. The number of tetrazole rings is 1. The molecule has 6 heteroatoms. The standard InChI is InChI=1S/C14H20BrN5/c1-4-8-16-12(9-13-17-19-20(3)18-13)11-7-5-6-10(2)14(11)15/h5-7,12,16H,4,8-9H2,1-3H3. The highest BCUT2D eigenvalue weighted by atomic mass is 79.9. The summed E-state index contributed by atoms with van der Waals surface area (Å²) in [6.45, 7) is 5.23. The molecular weight excluding hydrogens is 318 g/mol. The van der Waals surface area contributed by atoms with E-state index in [0.29, 0.717) is 0 Å². The Morgan fingerprint density at radius 1 is 1.40 bits per heavy atom. The zero-order valence-corrected chi connectivity index (χ0v) is 13.7. The van der Waals surface area contributed by atoms with Crippen LogP contribution in [-0.2, 0) is 13.5 Å². The highest BCUT2D eigenvalue weighted by Crippen LogP contribution is 2.28. The highest BCUT2D eigenvalue weighted by Gasteiger charge is 2.17. The molecule has 1 aromatic carbocycles. The second kappa shape index (κ2) is 6.95. The SMILES string of the molecule is CCCNC(Cc1nnn(C)n1)c1cccc(C)c1Br. The van der Waals surface area contributed by atoms with E-state index in [1.165, 1.54) is 15.9 Å². The Hall–Kier alpha value is -1.27. The molecule has 1 unspecified atom stereocenters. The molecule has 0 aliphatic carbocycles. The highest BCUT2D eigenvalue weighted by molar-refractivity contribution is 9.10. The zero-order chi connectivity index (χ0) is 14.5. The maximum atomic E-state index is 4.28. The molecule has 5 nitrogen and oxygen atoms in total. The van der Waals surface area contributed by atoms with Gasteiger partial charge in [-0.1, -0.05) is 41.1 Å². The summed E-state index contributed by atoms with van der Waals surface area (Å²) in [6, 6.07) is 6.51. The van der Waals surface area contributed by atoms with Crippen LogP contribution < -0.4 is 5.32 Å². The molecule has 0 saturated carbocycles. The van der Waals surface area contributed by atoms with Crippen LogP contribution in [0.1, 0.15) is 36.3 Å². The van der Waals surface area contributed by atoms with Gasteiger partial charge >= 0.3 is 0 Å². The largest absolute Gasteiger partial charge is 0.310 e. The Labute approximate surface area is 127 Å². The average Bonchev–Trinajstić information content (AvgIpc) is 2.83. The molecule has 1 heterocycles. The molecule has 1 atom stereocenters. The molecule has 0 aliphatic rings. The monoisotopic (exact) mass is 337 g/mol.